The average Bonchev–Trinajstić information content (AvgIpc) is 3.74. The van der Waals surface area contributed by atoms with E-state index in [1.807, 2.05) is 0 Å². The second kappa shape index (κ2) is 14.7. The first kappa shape index (κ1) is 37.8. The predicted molar refractivity (Wildman–Crippen MR) is 196 cm³/mol. The Bertz CT molecular complexity index is 1490. The number of ether oxygens (including phenoxy) is 11. The molecule has 0 unspecified atom stereocenters. The molecule has 11 heterocycles. The number of carbonyl (C=O) groups is 1. The maximum absolute atomic E-state index is 14.1. The second-order valence-corrected chi connectivity index (χ2v) is 18.8. The van der Waals surface area contributed by atoms with Gasteiger partial charge in [-0.3, -0.25) is 4.79 Å². The Morgan fingerprint density at radius 1 is 0.655 bits per heavy atom. The van der Waals surface area contributed by atoms with Crippen LogP contribution in [0, 0.1) is 17.8 Å². The van der Waals surface area contributed by atoms with Crippen LogP contribution in [0.3, 0.4) is 0 Å². The zero-order valence-corrected chi connectivity index (χ0v) is 33.1. The molecule has 11 saturated heterocycles. The molecule has 1 spiro atoms. The molecule has 0 N–H and O–H groups in total. The van der Waals surface area contributed by atoms with Crippen LogP contribution < -0.4 is 0 Å². The van der Waals surface area contributed by atoms with E-state index in [9.17, 15) is 4.79 Å². The molecule has 11 aliphatic heterocycles. The van der Waals surface area contributed by atoms with Gasteiger partial charge >= 0.3 is 5.97 Å². The van der Waals surface area contributed by atoms with Gasteiger partial charge in [-0.1, -0.05) is 33.9 Å². The van der Waals surface area contributed by atoms with Crippen LogP contribution in [0.1, 0.15) is 97.8 Å². The molecule has 306 valence electrons. The Hall–Kier alpha value is -1.45. The Kier molecular flexibility index (Phi) is 10.1. The highest BCUT2D eigenvalue weighted by Crippen LogP contribution is 2.54. The summed E-state index contributed by atoms with van der Waals surface area (Å²) in [6.07, 6.45) is 5.30. The summed E-state index contributed by atoms with van der Waals surface area (Å²) in [6.45, 7) is 16.1. The Balaban J connectivity index is 0.934. The van der Waals surface area contributed by atoms with Crippen molar-refractivity contribution >= 4 is 5.97 Å². The minimum absolute atomic E-state index is 0.00860. The minimum atomic E-state index is -0.786. The van der Waals surface area contributed by atoms with Crippen LogP contribution in [0.2, 0.25) is 0 Å². The van der Waals surface area contributed by atoms with Gasteiger partial charge in [0.2, 0.25) is 0 Å². The summed E-state index contributed by atoms with van der Waals surface area (Å²) >= 11 is 0. The maximum atomic E-state index is 14.1. The molecular weight excluding hydrogens is 708 g/mol. The van der Waals surface area contributed by atoms with Gasteiger partial charge in [0.25, 0.3) is 0 Å². The lowest BCUT2D eigenvalue weighted by Gasteiger charge is -2.51. The van der Waals surface area contributed by atoms with Crippen molar-refractivity contribution < 1.29 is 56.9 Å². The molecule has 55 heavy (non-hydrogen) atoms. The highest BCUT2D eigenvalue weighted by molar-refractivity contribution is 5.70. The quantitative estimate of drug-likeness (QED) is 0.274. The van der Waals surface area contributed by atoms with Gasteiger partial charge in [0.05, 0.1) is 80.2 Å². The lowest BCUT2D eigenvalue weighted by Crippen LogP contribution is -2.62. The highest BCUT2D eigenvalue weighted by atomic mass is 16.8. The molecule has 11 rings (SSSR count). The van der Waals surface area contributed by atoms with Crippen molar-refractivity contribution in [1.82, 2.24) is 0 Å². The van der Waals surface area contributed by atoms with Crippen LogP contribution in [0.25, 0.3) is 0 Å². The molecule has 0 aromatic rings. The van der Waals surface area contributed by atoms with Crippen LogP contribution in [0.15, 0.2) is 24.3 Å². The third-order valence-electron chi connectivity index (χ3n) is 15.1. The first-order valence-corrected chi connectivity index (χ1v) is 21.5. The van der Waals surface area contributed by atoms with Gasteiger partial charge in [-0.05, 0) is 74.3 Å². The fourth-order valence-corrected chi connectivity index (χ4v) is 12.1. The van der Waals surface area contributed by atoms with E-state index in [0.717, 1.165) is 56.1 Å². The van der Waals surface area contributed by atoms with E-state index in [2.05, 4.69) is 33.9 Å². The van der Waals surface area contributed by atoms with Crippen molar-refractivity contribution in [3.8, 4) is 0 Å². The average molecular weight is 771 g/mol. The normalized spacial score (nSPS) is 54.9. The summed E-state index contributed by atoms with van der Waals surface area (Å²) < 4.78 is 73.2. The summed E-state index contributed by atoms with van der Waals surface area (Å²) in [5.41, 5.74) is 2.23. The molecule has 11 aliphatic rings. The first-order chi connectivity index (χ1) is 26.5. The monoisotopic (exact) mass is 770 g/mol. The lowest BCUT2D eigenvalue weighted by molar-refractivity contribution is -0.293. The largest absolute Gasteiger partial charge is 0.459 e. The molecule has 12 nitrogen and oxygen atoms in total. The smallest absolute Gasteiger partial charge is 0.308 e. The Labute approximate surface area is 325 Å². The van der Waals surface area contributed by atoms with Gasteiger partial charge < -0.3 is 52.1 Å². The van der Waals surface area contributed by atoms with Crippen LogP contribution in [-0.2, 0) is 56.9 Å². The van der Waals surface area contributed by atoms with Crippen molar-refractivity contribution in [1.29, 1.82) is 0 Å². The zero-order valence-electron chi connectivity index (χ0n) is 33.1. The molecule has 11 fully saturated rings. The molecular formula is C43H62O12. The van der Waals surface area contributed by atoms with Gasteiger partial charge in [-0.25, -0.2) is 0 Å². The van der Waals surface area contributed by atoms with Gasteiger partial charge in [0, 0.05) is 32.3 Å². The van der Waals surface area contributed by atoms with E-state index in [0.29, 0.717) is 32.3 Å². The third-order valence-corrected chi connectivity index (χ3v) is 15.1. The van der Waals surface area contributed by atoms with Crippen molar-refractivity contribution in [2.24, 2.45) is 17.8 Å². The summed E-state index contributed by atoms with van der Waals surface area (Å²) in [6, 6.07) is 0. The van der Waals surface area contributed by atoms with Crippen LogP contribution in [0.5, 0.6) is 0 Å². The van der Waals surface area contributed by atoms with Gasteiger partial charge in [0.1, 0.15) is 36.6 Å². The predicted octanol–water partition coefficient (Wildman–Crippen LogP) is 5.13. The van der Waals surface area contributed by atoms with E-state index in [1.165, 1.54) is 0 Å². The SMILES string of the molecule is C=C1C[C@@H]2CC[C@@]34C[C@@H]5O[C@@H]6[C@@H](O[C@H]7CC[C@H](CC(=O)O[C@@H]8[C@@H](C)[C@@H]9O[C@H](COC)[C@H](C)C[C@@H]9O[C@H]8C[C@H]8O[C@@H](CC[C@@H]1O2)C[C@@H](C)C8=C)O[C@@H]7[C@@H]6O3)[C@H]5O4. The van der Waals surface area contributed by atoms with E-state index < -0.39 is 11.9 Å². The molecule has 12 bridgehead atoms. The molecule has 0 aromatic heterocycles. The van der Waals surface area contributed by atoms with Gasteiger partial charge in [0.15, 0.2) is 5.79 Å². The van der Waals surface area contributed by atoms with Crippen molar-refractivity contribution in [3.05, 3.63) is 24.3 Å². The van der Waals surface area contributed by atoms with E-state index >= 15 is 0 Å². The van der Waals surface area contributed by atoms with Crippen LogP contribution in [-0.4, -0.2) is 129 Å². The summed E-state index contributed by atoms with van der Waals surface area (Å²) in [5, 5.41) is 0. The van der Waals surface area contributed by atoms with E-state index in [4.69, 9.17) is 52.1 Å². The Morgan fingerprint density at radius 3 is 2.25 bits per heavy atom. The molecule has 0 aliphatic carbocycles. The summed E-state index contributed by atoms with van der Waals surface area (Å²) in [5.74, 6) is -0.637. The molecule has 0 saturated carbocycles. The topological polar surface area (TPSA) is 119 Å². The van der Waals surface area contributed by atoms with Crippen LogP contribution >= 0.6 is 0 Å². The molecule has 12 heteroatoms. The fraction of sp³-hybridized carbons (Fsp3) is 0.884. The molecule has 0 radical (unpaired) electrons. The Morgan fingerprint density at radius 2 is 1.40 bits per heavy atom. The number of hydrogen-bond acceptors (Lipinski definition) is 12. The number of hydrogen-bond donors (Lipinski definition) is 0. The summed E-state index contributed by atoms with van der Waals surface area (Å²) in [7, 11) is 1.71. The van der Waals surface area contributed by atoms with Crippen molar-refractivity contribution in [3.63, 3.8) is 0 Å². The molecule has 0 amide bonds. The maximum Gasteiger partial charge on any atom is 0.308 e. The molecule has 21 atom stereocenters. The fourth-order valence-electron chi connectivity index (χ4n) is 12.1. The van der Waals surface area contributed by atoms with Crippen LogP contribution in [0.4, 0.5) is 0 Å². The molecule has 0 aromatic carbocycles. The number of fused-ring (bicyclic) bond motifs is 7. The first-order valence-electron chi connectivity index (χ1n) is 21.5. The number of esters is 1. The van der Waals surface area contributed by atoms with Gasteiger partial charge in [-0.2, -0.15) is 0 Å². The summed E-state index contributed by atoms with van der Waals surface area (Å²) in [4.78, 5) is 14.1. The number of rotatable bonds is 2. The highest BCUT2D eigenvalue weighted by Gasteiger charge is 2.69. The third kappa shape index (κ3) is 6.80. The zero-order chi connectivity index (χ0) is 37.7. The van der Waals surface area contributed by atoms with Crippen molar-refractivity contribution in [2.45, 2.75) is 207 Å². The minimum Gasteiger partial charge on any atom is -0.459 e. The van der Waals surface area contributed by atoms with E-state index in [-0.39, 0.29) is 128 Å². The standard InChI is InChI=1S/C43H62O12/c1-20-13-25-7-9-28-21(2)14-27(46-28)11-12-43-18-33-39(54-43)40-41(51-33)42(55-43)38-29(50-40)10-8-26(48-38)16-35(44)53-37-24(5)36-31(15-22(3)34(52-36)19-45-6)49-32(37)17-30(47-25)23(20)4/h20,22,24-34,36-42H,2,4,7-19H2,1,3,5-6H3/t20-,22-,24+,25+,26-,27+,28+,29+,30-,31+,32+,33+,34-,36+,37-,38+,39+,40+,41-,42+,43+/m1/s1. The van der Waals surface area contributed by atoms with Gasteiger partial charge in [-0.15, -0.1) is 0 Å². The lowest BCUT2D eigenvalue weighted by atomic mass is 9.78. The number of carbonyl (C=O) groups excluding carboxylic acids is 1. The second-order valence-electron chi connectivity index (χ2n) is 18.8. The van der Waals surface area contributed by atoms with Crippen molar-refractivity contribution in [2.75, 3.05) is 13.7 Å². The van der Waals surface area contributed by atoms with E-state index in [1.54, 1.807) is 7.11 Å². The number of methoxy groups -OCH3 is 1.